The summed E-state index contributed by atoms with van der Waals surface area (Å²) >= 11 is 0. The predicted octanol–water partition coefficient (Wildman–Crippen LogP) is 5.19. The van der Waals surface area contributed by atoms with Crippen LogP contribution in [0.4, 0.5) is 22.0 Å². The lowest BCUT2D eigenvalue weighted by atomic mass is 10.1. The van der Waals surface area contributed by atoms with Gasteiger partial charge in [-0.05, 0) is 18.4 Å². The van der Waals surface area contributed by atoms with Crippen LogP contribution in [0.3, 0.4) is 0 Å². The summed E-state index contributed by atoms with van der Waals surface area (Å²) in [7, 11) is 0. The molecule has 0 fully saturated rings. The molecule has 5 heteroatoms. The first-order valence-corrected chi connectivity index (χ1v) is 6.48. The Balaban J connectivity index is 0.000000235. The van der Waals surface area contributed by atoms with Crippen LogP contribution in [0.5, 0.6) is 0 Å². The van der Waals surface area contributed by atoms with Crippen molar-refractivity contribution >= 4 is 0 Å². The van der Waals surface area contributed by atoms with Gasteiger partial charge in [0.2, 0.25) is 5.82 Å². The molecule has 2 aromatic carbocycles. The average Bonchev–Trinajstić information content (AvgIpc) is 2.53. The minimum absolute atomic E-state index is 0.244. The van der Waals surface area contributed by atoms with Gasteiger partial charge in [0.05, 0.1) is 0 Å². The van der Waals surface area contributed by atoms with E-state index in [9.17, 15) is 22.0 Å². The van der Waals surface area contributed by atoms with Crippen LogP contribution in [0.15, 0.2) is 30.3 Å². The molecule has 0 nitrogen and oxygen atoms in total. The number of rotatable bonds is 2. The lowest BCUT2D eigenvalue weighted by Gasteiger charge is -2.04. The van der Waals surface area contributed by atoms with Gasteiger partial charge in [0.1, 0.15) is 0 Å². The highest BCUT2D eigenvalue weighted by atomic mass is 19.2. The molecule has 0 radical (unpaired) electrons. The largest absolute Gasteiger partial charge is 0.203 e. The highest BCUT2D eigenvalue weighted by molar-refractivity contribution is 5.23. The zero-order valence-electron chi connectivity index (χ0n) is 11.7. The molecule has 0 aliphatic carbocycles. The number of halogens is 5. The molecule has 21 heavy (non-hydrogen) atoms. The second-order valence-corrected chi connectivity index (χ2v) is 4.24. The van der Waals surface area contributed by atoms with E-state index < -0.39 is 34.6 Å². The second kappa shape index (κ2) is 7.76. The first-order chi connectivity index (χ1) is 9.93. The molecule has 0 unspecified atom stereocenters. The monoisotopic (exact) mass is 302 g/mol. The second-order valence-electron chi connectivity index (χ2n) is 4.24. The molecule has 0 aromatic heterocycles. The van der Waals surface area contributed by atoms with Crippen LogP contribution in [-0.4, -0.2) is 0 Å². The van der Waals surface area contributed by atoms with Gasteiger partial charge in [-0.1, -0.05) is 44.2 Å². The minimum Gasteiger partial charge on any atom is -0.203 e. The molecule has 0 atom stereocenters. The molecule has 2 aromatic rings. The average molecular weight is 302 g/mol. The Labute approximate surface area is 120 Å². The minimum atomic E-state index is -2.12. The van der Waals surface area contributed by atoms with Crippen LogP contribution in [0.2, 0.25) is 0 Å². The molecule has 114 valence electrons. The smallest absolute Gasteiger partial charge is 0.200 e. The Hall–Kier alpha value is -1.91. The van der Waals surface area contributed by atoms with Crippen LogP contribution in [0.25, 0.3) is 0 Å². The molecular formula is C16H15F5. The van der Waals surface area contributed by atoms with Crippen molar-refractivity contribution in [3.05, 3.63) is 70.5 Å². The molecule has 0 bridgehead atoms. The van der Waals surface area contributed by atoms with Crippen LogP contribution >= 0.6 is 0 Å². The Bertz CT molecular complexity index is 564. The first-order valence-electron chi connectivity index (χ1n) is 6.48. The van der Waals surface area contributed by atoms with Crippen molar-refractivity contribution in [3.63, 3.8) is 0 Å². The van der Waals surface area contributed by atoms with Crippen molar-refractivity contribution in [1.82, 2.24) is 0 Å². The zero-order chi connectivity index (χ0) is 16.0. The summed E-state index contributed by atoms with van der Waals surface area (Å²) in [4.78, 5) is 0. The van der Waals surface area contributed by atoms with Crippen molar-refractivity contribution in [2.24, 2.45) is 0 Å². The summed E-state index contributed by atoms with van der Waals surface area (Å²) in [6.45, 7) is 3.47. The maximum Gasteiger partial charge on any atom is 0.200 e. The molecule has 0 aliphatic heterocycles. The SMILES string of the molecule is CCc1c(F)c(F)c(F)c(F)c1F.CCc1ccccc1. The zero-order valence-corrected chi connectivity index (χ0v) is 11.7. The molecule has 0 spiro atoms. The highest BCUT2D eigenvalue weighted by Crippen LogP contribution is 2.22. The van der Waals surface area contributed by atoms with Crippen molar-refractivity contribution in [2.45, 2.75) is 26.7 Å². The van der Waals surface area contributed by atoms with Gasteiger partial charge in [-0.2, -0.15) is 0 Å². The number of benzene rings is 2. The third-order valence-corrected chi connectivity index (χ3v) is 2.91. The fraction of sp³-hybridized carbons (Fsp3) is 0.250. The molecule has 0 saturated heterocycles. The molecule has 0 amide bonds. The molecule has 2 rings (SSSR count). The standard InChI is InChI=1S/C8H5F5.C8H10/c1-2-3-4(9)6(11)8(13)7(12)5(3)10;1-2-8-6-4-3-5-7-8/h2H2,1H3;3-7H,2H2,1H3. The van der Waals surface area contributed by atoms with E-state index in [4.69, 9.17) is 0 Å². The fourth-order valence-electron chi connectivity index (χ4n) is 1.67. The first kappa shape index (κ1) is 17.1. The number of hydrogen-bond acceptors (Lipinski definition) is 0. The summed E-state index contributed by atoms with van der Waals surface area (Å²) < 4.78 is 62.6. The Morgan fingerprint density at radius 3 is 1.38 bits per heavy atom. The normalized spacial score (nSPS) is 10.0. The van der Waals surface area contributed by atoms with Gasteiger partial charge in [0, 0.05) is 5.56 Å². The quantitative estimate of drug-likeness (QED) is 0.407. The maximum atomic E-state index is 12.7. The third-order valence-electron chi connectivity index (χ3n) is 2.91. The molecule has 0 saturated carbocycles. The van der Waals surface area contributed by atoms with Crippen molar-refractivity contribution in [3.8, 4) is 0 Å². The summed E-state index contributed by atoms with van der Waals surface area (Å²) in [6.07, 6.45) is 0.895. The van der Waals surface area contributed by atoms with Crippen LogP contribution < -0.4 is 0 Å². The van der Waals surface area contributed by atoms with E-state index in [1.807, 2.05) is 6.07 Å². The van der Waals surface area contributed by atoms with E-state index in [2.05, 4.69) is 31.2 Å². The van der Waals surface area contributed by atoms with Crippen LogP contribution in [0, 0.1) is 29.1 Å². The molecule has 0 aliphatic rings. The van der Waals surface area contributed by atoms with Crippen molar-refractivity contribution < 1.29 is 22.0 Å². The van der Waals surface area contributed by atoms with Crippen LogP contribution in [0.1, 0.15) is 25.0 Å². The fourth-order valence-corrected chi connectivity index (χ4v) is 1.67. The highest BCUT2D eigenvalue weighted by Gasteiger charge is 2.24. The summed E-state index contributed by atoms with van der Waals surface area (Å²) in [5.41, 5.74) is 0.629. The van der Waals surface area contributed by atoms with Gasteiger partial charge in [-0.3, -0.25) is 0 Å². The lowest BCUT2D eigenvalue weighted by Crippen LogP contribution is -2.05. The van der Waals surface area contributed by atoms with E-state index >= 15 is 0 Å². The Morgan fingerprint density at radius 1 is 0.619 bits per heavy atom. The summed E-state index contributed by atoms with van der Waals surface area (Å²) in [5.74, 6) is -9.41. The Kier molecular flexibility index (Phi) is 6.34. The number of hydrogen-bond donors (Lipinski definition) is 0. The van der Waals surface area contributed by atoms with E-state index in [1.54, 1.807) is 0 Å². The number of aryl methyl sites for hydroxylation is 1. The lowest BCUT2D eigenvalue weighted by molar-refractivity contribution is 0.370. The van der Waals surface area contributed by atoms with Crippen LogP contribution in [-0.2, 0) is 12.8 Å². The van der Waals surface area contributed by atoms with E-state index in [0.717, 1.165) is 6.42 Å². The predicted molar refractivity (Wildman–Crippen MR) is 71.4 cm³/mol. The van der Waals surface area contributed by atoms with Gasteiger partial charge in [0.25, 0.3) is 0 Å². The van der Waals surface area contributed by atoms with Gasteiger partial charge in [-0.15, -0.1) is 0 Å². The topological polar surface area (TPSA) is 0 Å². The maximum absolute atomic E-state index is 12.7. The molecular weight excluding hydrogens is 287 g/mol. The molecule has 0 N–H and O–H groups in total. The van der Waals surface area contributed by atoms with Gasteiger partial charge >= 0.3 is 0 Å². The van der Waals surface area contributed by atoms with E-state index in [0.29, 0.717) is 0 Å². The van der Waals surface area contributed by atoms with Gasteiger partial charge in [0.15, 0.2) is 23.3 Å². The van der Waals surface area contributed by atoms with Gasteiger partial charge in [-0.25, -0.2) is 22.0 Å². The third kappa shape index (κ3) is 4.03. The molecule has 0 heterocycles. The van der Waals surface area contributed by atoms with E-state index in [1.165, 1.54) is 12.5 Å². The summed E-state index contributed by atoms with van der Waals surface area (Å²) in [6, 6.07) is 10.5. The van der Waals surface area contributed by atoms with Crippen molar-refractivity contribution in [2.75, 3.05) is 0 Å². The van der Waals surface area contributed by atoms with E-state index in [-0.39, 0.29) is 6.42 Å². The van der Waals surface area contributed by atoms with Crippen molar-refractivity contribution in [1.29, 1.82) is 0 Å². The summed E-state index contributed by atoms with van der Waals surface area (Å²) in [5, 5.41) is 0. The Morgan fingerprint density at radius 2 is 1.05 bits per heavy atom. The van der Waals surface area contributed by atoms with Gasteiger partial charge < -0.3 is 0 Å².